The molecule has 2 aliphatic rings. The van der Waals surface area contributed by atoms with Crippen molar-refractivity contribution in [1.29, 1.82) is 0 Å². The Morgan fingerprint density at radius 1 is 1.07 bits per heavy atom. The van der Waals surface area contributed by atoms with Crippen molar-refractivity contribution in [3.63, 3.8) is 0 Å². The Morgan fingerprint density at radius 2 is 1.77 bits per heavy atom. The average Bonchev–Trinajstić information content (AvgIpc) is 3.33. The molecule has 2 fully saturated rings. The predicted octanol–water partition coefficient (Wildman–Crippen LogP) is 2.35. The number of morpholine rings is 1. The van der Waals surface area contributed by atoms with E-state index in [0.29, 0.717) is 30.9 Å². The van der Waals surface area contributed by atoms with Crippen molar-refractivity contribution in [3.05, 3.63) is 30.1 Å². The monoisotopic (exact) mass is 429 g/mol. The van der Waals surface area contributed by atoms with Crippen LogP contribution in [0.1, 0.15) is 18.7 Å². The highest BCUT2D eigenvalue weighted by atomic mass is 32.2. The second-order valence-electron chi connectivity index (χ2n) is 7.18. The molecule has 2 aromatic rings. The molecule has 0 aliphatic carbocycles. The standard InChI is InChI=1S/C20H27N7O2S/c1-30-16-6-4-5-15(13-16)22-20(28)21-14-17-23-18(26-7-2-3-8-26)25-19(24-17)27-9-11-29-12-10-27/h4-6,13H,2-3,7-12,14H2,1H3,(H2,21,22,28). The second kappa shape index (κ2) is 9.94. The van der Waals surface area contributed by atoms with Gasteiger partial charge in [-0.1, -0.05) is 6.07 Å². The number of nitrogens with one attached hydrogen (secondary N) is 2. The molecule has 1 aromatic heterocycles. The molecule has 4 rings (SSSR count). The highest BCUT2D eigenvalue weighted by Crippen LogP contribution is 2.20. The Hall–Kier alpha value is -2.59. The number of hydrogen-bond donors (Lipinski definition) is 2. The average molecular weight is 430 g/mol. The van der Waals surface area contributed by atoms with Gasteiger partial charge >= 0.3 is 6.03 Å². The Kier molecular flexibility index (Phi) is 6.85. The molecule has 30 heavy (non-hydrogen) atoms. The van der Waals surface area contributed by atoms with Gasteiger partial charge in [-0.05, 0) is 37.3 Å². The largest absolute Gasteiger partial charge is 0.378 e. The van der Waals surface area contributed by atoms with Crippen LogP contribution in [0.5, 0.6) is 0 Å². The normalized spacial score (nSPS) is 16.6. The van der Waals surface area contributed by atoms with Crippen molar-refractivity contribution in [1.82, 2.24) is 20.3 Å². The third-order valence-corrected chi connectivity index (χ3v) is 5.80. The van der Waals surface area contributed by atoms with Gasteiger partial charge in [0.15, 0.2) is 5.82 Å². The fourth-order valence-electron chi connectivity index (χ4n) is 3.47. The first-order chi connectivity index (χ1) is 14.7. The van der Waals surface area contributed by atoms with Crippen molar-refractivity contribution >= 4 is 35.4 Å². The summed E-state index contributed by atoms with van der Waals surface area (Å²) in [5.74, 6) is 1.90. The van der Waals surface area contributed by atoms with E-state index >= 15 is 0 Å². The van der Waals surface area contributed by atoms with E-state index in [0.717, 1.165) is 49.6 Å². The zero-order valence-electron chi connectivity index (χ0n) is 17.1. The molecule has 2 saturated heterocycles. The van der Waals surface area contributed by atoms with E-state index in [2.05, 4.69) is 30.4 Å². The number of hydrogen-bond acceptors (Lipinski definition) is 8. The van der Waals surface area contributed by atoms with Crippen LogP contribution in [0.3, 0.4) is 0 Å². The maximum atomic E-state index is 12.4. The van der Waals surface area contributed by atoms with Crippen LogP contribution in [0.25, 0.3) is 0 Å². The lowest BCUT2D eigenvalue weighted by Gasteiger charge is -2.28. The van der Waals surface area contributed by atoms with Gasteiger partial charge in [0.05, 0.1) is 19.8 Å². The minimum absolute atomic E-state index is 0.231. The number of ether oxygens (including phenoxy) is 1. The van der Waals surface area contributed by atoms with Crippen molar-refractivity contribution < 1.29 is 9.53 Å². The van der Waals surface area contributed by atoms with Gasteiger partial charge in [0.1, 0.15) is 0 Å². The minimum Gasteiger partial charge on any atom is -0.378 e. The maximum absolute atomic E-state index is 12.4. The van der Waals surface area contributed by atoms with Crippen molar-refractivity contribution in [2.45, 2.75) is 24.3 Å². The molecule has 2 amide bonds. The Morgan fingerprint density at radius 3 is 2.47 bits per heavy atom. The van der Waals surface area contributed by atoms with Gasteiger partial charge < -0.3 is 25.2 Å². The summed E-state index contributed by atoms with van der Waals surface area (Å²) in [4.78, 5) is 31.7. The summed E-state index contributed by atoms with van der Waals surface area (Å²) in [6.45, 7) is 4.96. The number of aromatic nitrogens is 3. The van der Waals surface area contributed by atoms with E-state index in [-0.39, 0.29) is 12.6 Å². The molecule has 0 unspecified atom stereocenters. The van der Waals surface area contributed by atoms with Gasteiger partial charge in [-0.25, -0.2) is 4.79 Å². The van der Waals surface area contributed by atoms with Gasteiger partial charge in [-0.15, -0.1) is 11.8 Å². The molecule has 0 spiro atoms. The molecule has 3 heterocycles. The molecule has 10 heteroatoms. The topological polar surface area (TPSA) is 95.5 Å². The lowest BCUT2D eigenvalue weighted by molar-refractivity contribution is 0.122. The number of urea groups is 1. The first-order valence-electron chi connectivity index (χ1n) is 10.2. The Labute approximate surface area is 180 Å². The summed E-state index contributed by atoms with van der Waals surface area (Å²) in [6.07, 6.45) is 4.29. The minimum atomic E-state index is -0.288. The molecule has 2 aliphatic heterocycles. The number of benzene rings is 1. The van der Waals surface area contributed by atoms with Crippen LogP contribution in [0.2, 0.25) is 0 Å². The molecule has 9 nitrogen and oxygen atoms in total. The highest BCUT2D eigenvalue weighted by Gasteiger charge is 2.21. The van der Waals surface area contributed by atoms with Gasteiger partial charge in [-0.2, -0.15) is 15.0 Å². The first kappa shape index (κ1) is 20.7. The lowest BCUT2D eigenvalue weighted by Crippen LogP contribution is -2.38. The van der Waals surface area contributed by atoms with E-state index < -0.39 is 0 Å². The van der Waals surface area contributed by atoms with Crippen LogP contribution in [-0.2, 0) is 11.3 Å². The number of carbonyl (C=O) groups excluding carboxylic acids is 1. The van der Waals surface area contributed by atoms with E-state index in [9.17, 15) is 4.79 Å². The molecule has 2 N–H and O–H groups in total. The zero-order chi connectivity index (χ0) is 20.8. The van der Waals surface area contributed by atoms with Crippen LogP contribution in [0, 0.1) is 0 Å². The van der Waals surface area contributed by atoms with Crippen LogP contribution in [-0.4, -0.2) is 66.6 Å². The van der Waals surface area contributed by atoms with E-state index in [1.165, 1.54) is 0 Å². The summed E-state index contributed by atoms with van der Waals surface area (Å²) in [6, 6.07) is 7.44. The molecule has 0 bridgehead atoms. The number of thioether (sulfide) groups is 1. The van der Waals surface area contributed by atoms with Crippen LogP contribution < -0.4 is 20.4 Å². The number of carbonyl (C=O) groups is 1. The molecule has 0 radical (unpaired) electrons. The third-order valence-electron chi connectivity index (χ3n) is 5.08. The third kappa shape index (κ3) is 5.31. The van der Waals surface area contributed by atoms with Gasteiger partial charge in [-0.3, -0.25) is 0 Å². The zero-order valence-corrected chi connectivity index (χ0v) is 18.0. The van der Waals surface area contributed by atoms with Gasteiger partial charge in [0, 0.05) is 36.8 Å². The van der Waals surface area contributed by atoms with Crippen molar-refractivity contribution in [2.24, 2.45) is 0 Å². The summed E-state index contributed by atoms with van der Waals surface area (Å²) in [5.41, 5.74) is 0.752. The van der Waals surface area contributed by atoms with Crippen LogP contribution >= 0.6 is 11.8 Å². The Bertz CT molecular complexity index is 870. The van der Waals surface area contributed by atoms with E-state index in [4.69, 9.17) is 9.72 Å². The first-order valence-corrected chi connectivity index (χ1v) is 11.5. The predicted molar refractivity (Wildman–Crippen MR) is 118 cm³/mol. The maximum Gasteiger partial charge on any atom is 0.319 e. The molecule has 1 aromatic carbocycles. The lowest BCUT2D eigenvalue weighted by atomic mass is 10.3. The van der Waals surface area contributed by atoms with Gasteiger partial charge in [0.2, 0.25) is 11.9 Å². The quantitative estimate of drug-likeness (QED) is 0.676. The number of amides is 2. The van der Waals surface area contributed by atoms with Crippen LogP contribution in [0.4, 0.5) is 22.4 Å². The summed E-state index contributed by atoms with van der Waals surface area (Å²) in [5, 5.41) is 5.72. The van der Waals surface area contributed by atoms with Gasteiger partial charge in [0.25, 0.3) is 0 Å². The molecule has 0 saturated carbocycles. The summed E-state index contributed by atoms with van der Waals surface area (Å²) < 4.78 is 5.44. The Balaban J connectivity index is 1.45. The van der Waals surface area contributed by atoms with E-state index in [1.54, 1.807) is 11.8 Å². The smallest absolute Gasteiger partial charge is 0.319 e. The van der Waals surface area contributed by atoms with Crippen LogP contribution in [0.15, 0.2) is 29.2 Å². The fourth-order valence-corrected chi connectivity index (χ4v) is 3.93. The molecule has 160 valence electrons. The molecular formula is C20H27N7O2S. The number of rotatable bonds is 6. The van der Waals surface area contributed by atoms with Crippen molar-refractivity contribution in [2.75, 3.05) is 60.8 Å². The molecular weight excluding hydrogens is 402 g/mol. The summed E-state index contributed by atoms with van der Waals surface area (Å²) in [7, 11) is 0. The number of anilines is 3. The fraction of sp³-hybridized carbons (Fsp3) is 0.500. The second-order valence-corrected chi connectivity index (χ2v) is 8.06. The summed E-state index contributed by atoms with van der Waals surface area (Å²) >= 11 is 1.63. The van der Waals surface area contributed by atoms with Crippen molar-refractivity contribution in [3.8, 4) is 0 Å². The molecule has 0 atom stereocenters. The SMILES string of the molecule is CSc1cccc(NC(=O)NCc2nc(N3CCCC3)nc(N3CCOCC3)n2)c1. The highest BCUT2D eigenvalue weighted by molar-refractivity contribution is 7.98. The van der Waals surface area contributed by atoms with E-state index in [1.807, 2.05) is 30.5 Å². The number of nitrogens with zero attached hydrogens (tertiary/aromatic N) is 5.